The van der Waals surface area contributed by atoms with Crippen molar-refractivity contribution in [2.75, 3.05) is 17.7 Å². The molecule has 3 N–H and O–H groups in total. The monoisotopic (exact) mass is 365 g/mol. The van der Waals surface area contributed by atoms with Crippen molar-refractivity contribution in [2.45, 2.75) is 0 Å². The number of rotatable bonds is 3. The molecule has 5 nitrogen and oxygen atoms in total. The number of anilines is 2. The van der Waals surface area contributed by atoms with Crippen molar-refractivity contribution in [2.24, 2.45) is 0 Å². The summed E-state index contributed by atoms with van der Waals surface area (Å²) in [4.78, 5) is 23.3. The van der Waals surface area contributed by atoms with E-state index in [2.05, 4.69) is 31.9 Å². The van der Waals surface area contributed by atoms with E-state index in [-0.39, 0.29) is 11.6 Å². The molecule has 114 valence electrons. The number of hydrogen-bond donors (Lipinski definition) is 3. The second kappa shape index (κ2) is 7.04. The summed E-state index contributed by atoms with van der Waals surface area (Å²) in [5.41, 5.74) is 1.32. The molecule has 3 amide bonds. The third kappa shape index (κ3) is 4.05. The number of urea groups is 1. The Balaban J connectivity index is 2.08. The van der Waals surface area contributed by atoms with Gasteiger partial charge in [0.25, 0.3) is 5.91 Å². The molecule has 22 heavy (non-hydrogen) atoms. The number of amides is 3. The van der Waals surface area contributed by atoms with E-state index in [9.17, 15) is 14.0 Å². The molecule has 2 rings (SSSR count). The van der Waals surface area contributed by atoms with E-state index in [4.69, 9.17) is 0 Å². The van der Waals surface area contributed by atoms with E-state index >= 15 is 0 Å². The molecule has 0 aromatic heterocycles. The fourth-order valence-corrected chi connectivity index (χ4v) is 2.13. The van der Waals surface area contributed by atoms with Crippen LogP contribution in [0.2, 0.25) is 0 Å². The fraction of sp³-hybridized carbons (Fsp3) is 0.0667. The topological polar surface area (TPSA) is 70.2 Å². The summed E-state index contributed by atoms with van der Waals surface area (Å²) in [7, 11) is 1.51. The normalized spacial score (nSPS) is 9.95. The van der Waals surface area contributed by atoms with Crippen molar-refractivity contribution in [3.8, 4) is 0 Å². The molecule has 0 aliphatic carbocycles. The molecule has 0 atom stereocenters. The number of halogens is 2. The Morgan fingerprint density at radius 1 is 1.00 bits per heavy atom. The molecule has 0 bridgehead atoms. The number of carbonyl (C=O) groups is 2. The van der Waals surface area contributed by atoms with Crippen LogP contribution in [-0.4, -0.2) is 19.0 Å². The predicted molar refractivity (Wildman–Crippen MR) is 86.6 cm³/mol. The van der Waals surface area contributed by atoms with E-state index in [0.717, 1.165) is 6.07 Å². The maximum Gasteiger partial charge on any atom is 0.318 e. The molecule has 0 saturated carbocycles. The Hall–Kier alpha value is -2.41. The van der Waals surface area contributed by atoms with Gasteiger partial charge in [-0.15, -0.1) is 0 Å². The van der Waals surface area contributed by atoms with E-state index in [1.165, 1.54) is 19.2 Å². The van der Waals surface area contributed by atoms with Crippen LogP contribution in [0, 0.1) is 5.82 Å². The van der Waals surface area contributed by atoms with Crippen LogP contribution in [-0.2, 0) is 0 Å². The van der Waals surface area contributed by atoms with Gasteiger partial charge in [-0.1, -0.05) is 0 Å². The molecular formula is C15H13BrFN3O2. The Morgan fingerprint density at radius 3 is 2.18 bits per heavy atom. The van der Waals surface area contributed by atoms with Gasteiger partial charge in [-0.05, 0) is 58.4 Å². The highest BCUT2D eigenvalue weighted by molar-refractivity contribution is 9.10. The van der Waals surface area contributed by atoms with Crippen molar-refractivity contribution in [3.05, 3.63) is 58.3 Å². The minimum Gasteiger partial charge on any atom is -0.341 e. The minimum absolute atomic E-state index is 0.201. The molecule has 0 radical (unpaired) electrons. The maximum absolute atomic E-state index is 13.2. The highest BCUT2D eigenvalue weighted by Gasteiger charge is 2.11. The molecule has 0 heterocycles. The highest BCUT2D eigenvalue weighted by atomic mass is 79.9. The lowest BCUT2D eigenvalue weighted by molar-refractivity contribution is 0.102. The van der Waals surface area contributed by atoms with Crippen LogP contribution in [0.25, 0.3) is 0 Å². The van der Waals surface area contributed by atoms with Crippen LogP contribution in [0.1, 0.15) is 10.4 Å². The lowest BCUT2D eigenvalue weighted by atomic mass is 10.2. The number of carbonyl (C=O) groups excluding carboxylic acids is 2. The molecule has 7 heteroatoms. The summed E-state index contributed by atoms with van der Waals surface area (Å²) in [6.45, 7) is 0. The van der Waals surface area contributed by atoms with E-state index < -0.39 is 11.7 Å². The molecule has 0 fully saturated rings. The van der Waals surface area contributed by atoms with E-state index in [1.54, 1.807) is 24.3 Å². The summed E-state index contributed by atoms with van der Waals surface area (Å²) in [6, 6.07) is 10.1. The zero-order chi connectivity index (χ0) is 16.1. The molecule has 0 unspecified atom stereocenters. The van der Waals surface area contributed by atoms with Crippen LogP contribution in [0.15, 0.2) is 46.9 Å². The zero-order valence-corrected chi connectivity index (χ0v) is 13.2. The predicted octanol–water partition coefficient (Wildman–Crippen LogP) is 3.59. The first kappa shape index (κ1) is 16.0. The first-order valence-corrected chi connectivity index (χ1v) is 7.14. The van der Waals surface area contributed by atoms with Crippen LogP contribution in [0.5, 0.6) is 0 Å². The highest BCUT2D eigenvalue weighted by Crippen LogP contribution is 2.20. The van der Waals surface area contributed by atoms with Gasteiger partial charge in [-0.2, -0.15) is 0 Å². The van der Waals surface area contributed by atoms with Gasteiger partial charge in [0, 0.05) is 22.9 Å². The molecule has 0 aliphatic rings. The summed E-state index contributed by atoms with van der Waals surface area (Å²) in [5.74, 6) is -0.920. The minimum atomic E-state index is -0.488. The second-order valence-electron chi connectivity index (χ2n) is 4.36. The van der Waals surface area contributed by atoms with Crippen LogP contribution in [0.3, 0.4) is 0 Å². The summed E-state index contributed by atoms with van der Waals surface area (Å²) >= 11 is 3.21. The second-order valence-corrected chi connectivity index (χ2v) is 5.21. The van der Waals surface area contributed by atoms with Gasteiger partial charge in [-0.25, -0.2) is 9.18 Å². The lowest BCUT2D eigenvalue weighted by Gasteiger charge is -2.09. The molecule has 0 spiro atoms. The van der Waals surface area contributed by atoms with Gasteiger partial charge in [-0.3, -0.25) is 4.79 Å². The molecular weight excluding hydrogens is 353 g/mol. The number of hydrogen-bond acceptors (Lipinski definition) is 2. The summed E-state index contributed by atoms with van der Waals surface area (Å²) < 4.78 is 13.7. The van der Waals surface area contributed by atoms with Gasteiger partial charge in [0.15, 0.2) is 0 Å². The maximum atomic E-state index is 13.2. The van der Waals surface area contributed by atoms with Crippen molar-refractivity contribution >= 4 is 39.2 Å². The molecule has 0 saturated heterocycles. The van der Waals surface area contributed by atoms with Gasteiger partial charge in [0.05, 0.1) is 5.56 Å². The van der Waals surface area contributed by atoms with Gasteiger partial charge < -0.3 is 16.0 Å². The van der Waals surface area contributed by atoms with Gasteiger partial charge in [0.2, 0.25) is 0 Å². The van der Waals surface area contributed by atoms with Crippen molar-refractivity contribution in [1.82, 2.24) is 5.32 Å². The third-order valence-corrected chi connectivity index (χ3v) is 3.49. The van der Waals surface area contributed by atoms with Crippen molar-refractivity contribution < 1.29 is 14.0 Å². The van der Waals surface area contributed by atoms with Crippen molar-refractivity contribution in [1.29, 1.82) is 0 Å². The smallest absolute Gasteiger partial charge is 0.318 e. The summed E-state index contributed by atoms with van der Waals surface area (Å²) in [6.07, 6.45) is 0. The first-order valence-electron chi connectivity index (χ1n) is 6.35. The number of nitrogens with one attached hydrogen (secondary N) is 3. The first-order chi connectivity index (χ1) is 10.5. The fourth-order valence-electron chi connectivity index (χ4n) is 1.70. The van der Waals surface area contributed by atoms with Crippen molar-refractivity contribution in [3.63, 3.8) is 0 Å². The average Bonchev–Trinajstić information content (AvgIpc) is 2.51. The third-order valence-electron chi connectivity index (χ3n) is 2.80. The Morgan fingerprint density at radius 2 is 1.59 bits per heavy atom. The lowest BCUT2D eigenvalue weighted by Crippen LogP contribution is -2.24. The van der Waals surface area contributed by atoms with Gasteiger partial charge >= 0.3 is 6.03 Å². The molecule has 2 aromatic carbocycles. The number of benzene rings is 2. The average molecular weight is 366 g/mol. The standard InChI is InChI=1S/C15H13BrFN3O2/c1-18-15(22)20-11-5-3-10(4-6-11)19-14(21)12-8-9(17)2-7-13(12)16/h2-8H,1H3,(H,19,21)(H2,18,20,22). The Bertz CT molecular complexity index is 704. The molecule has 2 aromatic rings. The van der Waals surface area contributed by atoms with Crippen LogP contribution < -0.4 is 16.0 Å². The van der Waals surface area contributed by atoms with Crippen LogP contribution in [0.4, 0.5) is 20.6 Å². The van der Waals surface area contributed by atoms with E-state index in [0.29, 0.717) is 15.8 Å². The summed E-state index contributed by atoms with van der Waals surface area (Å²) in [5, 5.41) is 7.69. The zero-order valence-electron chi connectivity index (χ0n) is 11.6. The Kier molecular flexibility index (Phi) is 5.11. The molecule has 0 aliphatic heterocycles. The quantitative estimate of drug-likeness (QED) is 0.777. The Labute approximate surface area is 135 Å². The SMILES string of the molecule is CNC(=O)Nc1ccc(NC(=O)c2cc(F)ccc2Br)cc1. The van der Waals surface area contributed by atoms with Gasteiger partial charge in [0.1, 0.15) is 5.82 Å². The largest absolute Gasteiger partial charge is 0.341 e. The van der Waals surface area contributed by atoms with E-state index in [1.807, 2.05) is 0 Å². The van der Waals surface area contributed by atoms with Crippen LogP contribution >= 0.6 is 15.9 Å².